The molecule has 2 aliphatic carbocycles. The molecule has 0 radical (unpaired) electrons. The molecule has 1 aromatic heterocycles. The zero-order chi connectivity index (χ0) is 9.71. The van der Waals surface area contributed by atoms with Gasteiger partial charge in [-0.05, 0) is 43.1 Å². The first-order valence-corrected chi connectivity index (χ1v) is 5.92. The van der Waals surface area contributed by atoms with Gasteiger partial charge in [0.2, 0.25) is 0 Å². The fourth-order valence-electron chi connectivity index (χ4n) is 2.99. The number of hydrogen-bond acceptors (Lipinski definition) is 3. The zero-order valence-corrected chi connectivity index (χ0v) is 8.73. The van der Waals surface area contributed by atoms with Crippen LogP contribution in [0.1, 0.15) is 41.2 Å². The van der Waals surface area contributed by atoms with Gasteiger partial charge in [0.15, 0.2) is 0 Å². The van der Waals surface area contributed by atoms with Crippen LogP contribution in [0.25, 0.3) is 0 Å². The smallest absolute Gasteiger partial charge is 0.104 e. The Morgan fingerprint density at radius 2 is 2.29 bits per heavy atom. The van der Waals surface area contributed by atoms with E-state index in [1.54, 1.807) is 11.3 Å². The van der Waals surface area contributed by atoms with E-state index in [9.17, 15) is 0 Å². The number of hydrogen-bond donors (Lipinski definition) is 1. The molecule has 72 valence electrons. The van der Waals surface area contributed by atoms with Crippen LogP contribution in [-0.4, -0.2) is 0 Å². The second-order valence-corrected chi connectivity index (χ2v) is 5.51. The summed E-state index contributed by atoms with van der Waals surface area (Å²) in [7, 11) is 0. The SMILES string of the molecule is N#Cc1c(N)sc2c1C1CC[C@@H](C2)C1. The average molecular weight is 204 g/mol. The first kappa shape index (κ1) is 8.31. The molecule has 3 rings (SSSR count). The Morgan fingerprint density at radius 3 is 3.07 bits per heavy atom. The Balaban J connectivity index is 2.20. The Bertz CT molecular complexity index is 427. The van der Waals surface area contributed by atoms with Crippen LogP contribution in [0.15, 0.2) is 0 Å². The van der Waals surface area contributed by atoms with Crippen LogP contribution in [0.4, 0.5) is 5.00 Å². The molecule has 14 heavy (non-hydrogen) atoms. The number of thiophene rings is 1. The Kier molecular flexibility index (Phi) is 1.63. The minimum atomic E-state index is 0.645. The van der Waals surface area contributed by atoms with Crippen molar-refractivity contribution in [1.82, 2.24) is 0 Å². The van der Waals surface area contributed by atoms with E-state index >= 15 is 0 Å². The molecule has 1 saturated carbocycles. The van der Waals surface area contributed by atoms with Crippen LogP contribution >= 0.6 is 11.3 Å². The summed E-state index contributed by atoms with van der Waals surface area (Å²) in [5, 5.41) is 9.81. The summed E-state index contributed by atoms with van der Waals surface area (Å²) in [6.07, 6.45) is 5.07. The van der Waals surface area contributed by atoms with Crippen molar-refractivity contribution in [2.24, 2.45) is 5.92 Å². The number of nitriles is 1. The molecule has 0 aliphatic heterocycles. The van der Waals surface area contributed by atoms with Crippen molar-refractivity contribution in [2.75, 3.05) is 5.73 Å². The third-order valence-electron chi connectivity index (χ3n) is 3.58. The quantitative estimate of drug-likeness (QED) is 0.706. The molecule has 0 amide bonds. The van der Waals surface area contributed by atoms with Crippen LogP contribution in [0, 0.1) is 17.2 Å². The van der Waals surface area contributed by atoms with E-state index in [1.165, 1.54) is 36.1 Å². The van der Waals surface area contributed by atoms with E-state index in [0.717, 1.165) is 16.5 Å². The van der Waals surface area contributed by atoms with Gasteiger partial charge in [-0.1, -0.05) is 0 Å². The van der Waals surface area contributed by atoms with Gasteiger partial charge in [-0.3, -0.25) is 0 Å². The highest BCUT2D eigenvalue weighted by molar-refractivity contribution is 7.16. The minimum absolute atomic E-state index is 0.645. The predicted molar refractivity (Wildman–Crippen MR) is 57.2 cm³/mol. The summed E-state index contributed by atoms with van der Waals surface area (Å²) in [6.45, 7) is 0. The normalized spacial score (nSPS) is 28.5. The Hall–Kier alpha value is -1.01. The van der Waals surface area contributed by atoms with Crippen LogP contribution in [0.5, 0.6) is 0 Å². The van der Waals surface area contributed by atoms with E-state index in [1.807, 2.05) is 0 Å². The molecule has 0 spiro atoms. The molecule has 2 nitrogen and oxygen atoms in total. The highest BCUT2D eigenvalue weighted by Crippen LogP contribution is 2.51. The van der Waals surface area contributed by atoms with Gasteiger partial charge in [-0.15, -0.1) is 11.3 Å². The van der Waals surface area contributed by atoms with Gasteiger partial charge in [-0.25, -0.2) is 0 Å². The number of anilines is 1. The van der Waals surface area contributed by atoms with Crippen LogP contribution in [-0.2, 0) is 6.42 Å². The van der Waals surface area contributed by atoms with Gasteiger partial charge in [0.25, 0.3) is 0 Å². The lowest BCUT2D eigenvalue weighted by Gasteiger charge is -2.19. The van der Waals surface area contributed by atoms with Crippen molar-refractivity contribution in [3.63, 3.8) is 0 Å². The Labute approximate surface area is 87.3 Å². The van der Waals surface area contributed by atoms with Gasteiger partial charge in [0, 0.05) is 4.88 Å². The van der Waals surface area contributed by atoms with Crippen molar-refractivity contribution in [2.45, 2.75) is 31.6 Å². The second kappa shape index (κ2) is 2.74. The minimum Gasteiger partial charge on any atom is -0.389 e. The average Bonchev–Trinajstić information content (AvgIpc) is 2.68. The third kappa shape index (κ3) is 0.949. The number of fused-ring (bicyclic) bond motifs is 4. The molecule has 1 heterocycles. The number of nitrogens with zero attached hydrogens (tertiary/aromatic N) is 1. The van der Waals surface area contributed by atoms with Crippen LogP contribution < -0.4 is 5.73 Å². The fourth-order valence-corrected chi connectivity index (χ4v) is 4.22. The van der Waals surface area contributed by atoms with E-state index in [2.05, 4.69) is 6.07 Å². The molecule has 1 aromatic rings. The van der Waals surface area contributed by atoms with E-state index < -0.39 is 0 Å². The second-order valence-electron chi connectivity index (χ2n) is 4.37. The largest absolute Gasteiger partial charge is 0.389 e. The lowest BCUT2D eigenvalue weighted by atomic mass is 9.86. The molecule has 2 atom stereocenters. The molecule has 1 fully saturated rings. The van der Waals surface area contributed by atoms with E-state index in [-0.39, 0.29) is 0 Å². The van der Waals surface area contributed by atoms with Crippen LogP contribution in [0.2, 0.25) is 0 Å². The summed E-state index contributed by atoms with van der Waals surface area (Å²) >= 11 is 1.64. The van der Waals surface area contributed by atoms with Gasteiger partial charge >= 0.3 is 0 Å². The maximum atomic E-state index is 9.07. The molecular formula is C11H12N2S. The summed E-state index contributed by atoms with van der Waals surface area (Å²) < 4.78 is 0. The lowest BCUT2D eigenvalue weighted by Crippen LogP contribution is -2.08. The predicted octanol–water partition coefficient (Wildman–Crippen LogP) is 2.64. The molecule has 2 bridgehead atoms. The van der Waals surface area contributed by atoms with Crippen molar-refractivity contribution in [3.8, 4) is 6.07 Å². The summed E-state index contributed by atoms with van der Waals surface area (Å²) in [6, 6.07) is 2.27. The monoisotopic (exact) mass is 204 g/mol. The standard InChI is InChI=1S/C11H12N2S/c12-5-8-10-7-2-1-6(3-7)4-9(10)14-11(8)13/h6-7H,1-4,13H2/t6-,7?/m1/s1. The highest BCUT2D eigenvalue weighted by atomic mass is 32.1. The molecule has 2 N–H and O–H groups in total. The third-order valence-corrected chi connectivity index (χ3v) is 4.64. The number of nitrogens with two attached hydrogens (primary N) is 1. The molecule has 0 saturated heterocycles. The van der Waals surface area contributed by atoms with Crippen molar-refractivity contribution in [1.29, 1.82) is 5.26 Å². The molecule has 3 heteroatoms. The van der Waals surface area contributed by atoms with E-state index in [4.69, 9.17) is 11.0 Å². The first-order chi connectivity index (χ1) is 6.79. The van der Waals surface area contributed by atoms with Gasteiger partial charge in [-0.2, -0.15) is 5.26 Å². The van der Waals surface area contributed by atoms with Crippen molar-refractivity contribution >= 4 is 16.3 Å². The molecule has 1 unspecified atom stereocenters. The Morgan fingerprint density at radius 1 is 1.43 bits per heavy atom. The molecular weight excluding hydrogens is 192 g/mol. The highest BCUT2D eigenvalue weighted by Gasteiger charge is 2.36. The summed E-state index contributed by atoms with van der Waals surface area (Å²) in [5.74, 6) is 1.52. The van der Waals surface area contributed by atoms with Crippen molar-refractivity contribution in [3.05, 3.63) is 16.0 Å². The molecule has 0 aromatic carbocycles. The number of nitrogen functional groups attached to an aromatic ring is 1. The lowest BCUT2D eigenvalue weighted by molar-refractivity contribution is 0.516. The maximum Gasteiger partial charge on any atom is 0.104 e. The zero-order valence-electron chi connectivity index (χ0n) is 7.92. The maximum absolute atomic E-state index is 9.07. The van der Waals surface area contributed by atoms with Gasteiger partial charge < -0.3 is 5.73 Å². The topological polar surface area (TPSA) is 49.8 Å². The van der Waals surface area contributed by atoms with Crippen LogP contribution in [0.3, 0.4) is 0 Å². The number of rotatable bonds is 0. The van der Waals surface area contributed by atoms with Crippen molar-refractivity contribution < 1.29 is 0 Å². The van der Waals surface area contributed by atoms with E-state index in [0.29, 0.717) is 5.92 Å². The molecule has 2 aliphatic rings. The summed E-state index contributed by atoms with van der Waals surface area (Å²) in [5.41, 5.74) is 7.96. The first-order valence-electron chi connectivity index (χ1n) is 5.10. The van der Waals surface area contributed by atoms with Gasteiger partial charge in [0.05, 0.1) is 5.56 Å². The fraction of sp³-hybridized carbons (Fsp3) is 0.545. The van der Waals surface area contributed by atoms with Gasteiger partial charge in [0.1, 0.15) is 11.1 Å². The summed E-state index contributed by atoms with van der Waals surface area (Å²) in [4.78, 5) is 1.40.